The summed E-state index contributed by atoms with van der Waals surface area (Å²) in [7, 11) is 0. The second-order valence-electron chi connectivity index (χ2n) is 7.78. The Labute approximate surface area is 151 Å². The summed E-state index contributed by atoms with van der Waals surface area (Å²) in [6.45, 7) is 3.51. The quantitative estimate of drug-likeness (QED) is 0.713. The van der Waals surface area contributed by atoms with Gasteiger partial charge >= 0.3 is 0 Å². The maximum atomic E-state index is 13.1. The molecule has 138 valence electrons. The highest BCUT2D eigenvalue weighted by molar-refractivity contribution is 5.82. The first-order valence-corrected chi connectivity index (χ1v) is 9.98. The van der Waals surface area contributed by atoms with Gasteiger partial charge in [0.2, 0.25) is 5.91 Å². The minimum absolute atomic E-state index is 0.137. The zero-order chi connectivity index (χ0) is 17.8. The monoisotopic (exact) mass is 343 g/mol. The summed E-state index contributed by atoms with van der Waals surface area (Å²) in [4.78, 5) is 15.2. The van der Waals surface area contributed by atoms with Crippen LogP contribution in [-0.2, 0) is 4.79 Å². The molecule has 0 radical (unpaired) electrons. The molecule has 25 heavy (non-hydrogen) atoms. The first kappa shape index (κ1) is 18.4. The molecule has 5 atom stereocenters. The molecular weight excluding hydrogens is 310 g/mol. The van der Waals surface area contributed by atoms with Gasteiger partial charge in [0.05, 0.1) is 6.04 Å². The van der Waals surface area contributed by atoms with Crippen LogP contribution in [0.2, 0.25) is 0 Å². The van der Waals surface area contributed by atoms with Crippen LogP contribution in [0.25, 0.3) is 0 Å². The van der Waals surface area contributed by atoms with E-state index in [1.165, 1.54) is 24.8 Å². The molecule has 4 nitrogen and oxygen atoms in total. The summed E-state index contributed by atoms with van der Waals surface area (Å²) < 4.78 is 0. The SMILES string of the molecule is CCN(C(=O)[C@@H](N)CCCCN)C1C2CCC(C2)C1c1ccccc1. The van der Waals surface area contributed by atoms with Crippen LogP contribution in [0.15, 0.2) is 30.3 Å². The summed E-state index contributed by atoms with van der Waals surface area (Å²) in [5.74, 6) is 1.96. The molecule has 4 heteroatoms. The first-order valence-electron chi connectivity index (χ1n) is 9.98. The third-order valence-corrected chi connectivity index (χ3v) is 6.33. The van der Waals surface area contributed by atoms with Crippen molar-refractivity contribution in [2.24, 2.45) is 23.3 Å². The lowest BCUT2D eigenvalue weighted by atomic mass is 9.78. The molecule has 0 aromatic heterocycles. The Hall–Kier alpha value is -1.39. The molecule has 4 N–H and O–H groups in total. The van der Waals surface area contributed by atoms with Crippen LogP contribution in [0.4, 0.5) is 0 Å². The smallest absolute Gasteiger partial charge is 0.239 e. The Kier molecular flexibility index (Phi) is 6.13. The topological polar surface area (TPSA) is 72.3 Å². The minimum Gasteiger partial charge on any atom is -0.338 e. The number of rotatable bonds is 8. The Balaban J connectivity index is 1.77. The number of benzene rings is 1. The summed E-state index contributed by atoms with van der Waals surface area (Å²) in [5.41, 5.74) is 13.2. The van der Waals surface area contributed by atoms with Crippen LogP contribution < -0.4 is 11.5 Å². The van der Waals surface area contributed by atoms with Gasteiger partial charge in [-0.2, -0.15) is 0 Å². The number of amides is 1. The van der Waals surface area contributed by atoms with Gasteiger partial charge in [-0.3, -0.25) is 4.79 Å². The van der Waals surface area contributed by atoms with E-state index >= 15 is 0 Å². The van der Waals surface area contributed by atoms with E-state index < -0.39 is 0 Å². The van der Waals surface area contributed by atoms with Crippen molar-refractivity contribution in [3.05, 3.63) is 35.9 Å². The molecule has 2 aliphatic rings. The van der Waals surface area contributed by atoms with E-state index in [1.54, 1.807) is 0 Å². The Morgan fingerprint density at radius 2 is 1.92 bits per heavy atom. The van der Waals surface area contributed by atoms with E-state index in [0.717, 1.165) is 25.8 Å². The largest absolute Gasteiger partial charge is 0.338 e. The fraction of sp³-hybridized carbons (Fsp3) is 0.667. The molecule has 0 heterocycles. The van der Waals surface area contributed by atoms with Gasteiger partial charge in [-0.05, 0) is 63.0 Å². The zero-order valence-electron chi connectivity index (χ0n) is 15.4. The number of carbonyl (C=O) groups is 1. The lowest BCUT2D eigenvalue weighted by molar-refractivity contribution is -0.136. The summed E-state index contributed by atoms with van der Waals surface area (Å²) >= 11 is 0. The van der Waals surface area contributed by atoms with Crippen molar-refractivity contribution in [3.8, 4) is 0 Å². The number of nitrogens with two attached hydrogens (primary N) is 2. The summed E-state index contributed by atoms with van der Waals surface area (Å²) in [6, 6.07) is 10.7. The van der Waals surface area contributed by atoms with Crippen molar-refractivity contribution in [3.63, 3.8) is 0 Å². The molecule has 4 unspecified atom stereocenters. The molecule has 1 aromatic rings. The maximum absolute atomic E-state index is 13.1. The molecule has 0 aliphatic heterocycles. The lowest BCUT2D eigenvalue weighted by Crippen LogP contribution is -2.52. The van der Waals surface area contributed by atoms with Crippen LogP contribution in [0.5, 0.6) is 0 Å². The highest BCUT2D eigenvalue weighted by Gasteiger charge is 2.51. The fourth-order valence-electron chi connectivity index (χ4n) is 5.21. The highest BCUT2D eigenvalue weighted by Crippen LogP contribution is 2.54. The van der Waals surface area contributed by atoms with Gasteiger partial charge in [0.1, 0.15) is 0 Å². The van der Waals surface area contributed by atoms with Crippen LogP contribution in [-0.4, -0.2) is 36.0 Å². The van der Waals surface area contributed by atoms with Crippen molar-refractivity contribution in [1.29, 1.82) is 0 Å². The van der Waals surface area contributed by atoms with Crippen LogP contribution >= 0.6 is 0 Å². The minimum atomic E-state index is -0.387. The van der Waals surface area contributed by atoms with E-state index in [-0.39, 0.29) is 11.9 Å². The lowest BCUT2D eigenvalue weighted by Gasteiger charge is -2.40. The predicted molar refractivity (Wildman–Crippen MR) is 102 cm³/mol. The van der Waals surface area contributed by atoms with Gasteiger partial charge in [0, 0.05) is 18.5 Å². The Morgan fingerprint density at radius 3 is 2.60 bits per heavy atom. The molecule has 2 aliphatic carbocycles. The predicted octanol–water partition coefficient (Wildman–Crippen LogP) is 2.87. The van der Waals surface area contributed by atoms with E-state index in [4.69, 9.17) is 11.5 Å². The number of likely N-dealkylation sites (N-methyl/N-ethyl adjacent to an activating group) is 1. The molecule has 1 aromatic carbocycles. The van der Waals surface area contributed by atoms with Crippen LogP contribution in [0, 0.1) is 11.8 Å². The summed E-state index contributed by atoms with van der Waals surface area (Å²) in [6.07, 6.45) is 6.42. The van der Waals surface area contributed by atoms with Crippen molar-refractivity contribution < 1.29 is 4.79 Å². The molecule has 2 saturated carbocycles. The van der Waals surface area contributed by atoms with Crippen molar-refractivity contribution in [1.82, 2.24) is 4.90 Å². The van der Waals surface area contributed by atoms with Crippen LogP contribution in [0.1, 0.15) is 56.9 Å². The summed E-state index contributed by atoms with van der Waals surface area (Å²) in [5, 5.41) is 0. The Morgan fingerprint density at radius 1 is 1.20 bits per heavy atom. The van der Waals surface area contributed by atoms with E-state index in [2.05, 4.69) is 42.2 Å². The fourth-order valence-corrected chi connectivity index (χ4v) is 5.21. The van der Waals surface area contributed by atoms with Gasteiger partial charge in [-0.25, -0.2) is 0 Å². The highest BCUT2D eigenvalue weighted by atomic mass is 16.2. The molecule has 2 fully saturated rings. The number of carbonyl (C=O) groups excluding carboxylic acids is 1. The van der Waals surface area contributed by atoms with E-state index in [0.29, 0.717) is 30.3 Å². The van der Waals surface area contributed by atoms with Crippen molar-refractivity contribution in [2.45, 2.75) is 63.5 Å². The standard InChI is InChI=1S/C21H33N3O/c1-2-24(21(25)18(23)10-6-7-13-22)20-17-12-11-16(14-17)19(20)15-8-4-3-5-9-15/h3-5,8-9,16-20H,2,6-7,10-14,22-23H2,1H3/t16?,17?,18-,19?,20?/m0/s1. The number of hydrogen-bond acceptors (Lipinski definition) is 3. The average Bonchev–Trinajstić information content (AvgIpc) is 3.25. The second kappa shape index (κ2) is 8.33. The van der Waals surface area contributed by atoms with Gasteiger partial charge in [-0.1, -0.05) is 36.8 Å². The molecular formula is C21H33N3O. The molecule has 2 bridgehead atoms. The third-order valence-electron chi connectivity index (χ3n) is 6.33. The zero-order valence-corrected chi connectivity index (χ0v) is 15.4. The van der Waals surface area contributed by atoms with Gasteiger partial charge < -0.3 is 16.4 Å². The third kappa shape index (κ3) is 3.75. The number of nitrogens with zero attached hydrogens (tertiary/aromatic N) is 1. The second-order valence-corrected chi connectivity index (χ2v) is 7.78. The number of fused-ring (bicyclic) bond motifs is 2. The first-order chi connectivity index (χ1) is 12.2. The van der Waals surface area contributed by atoms with Crippen molar-refractivity contribution >= 4 is 5.91 Å². The van der Waals surface area contributed by atoms with Crippen molar-refractivity contribution in [2.75, 3.05) is 13.1 Å². The Bertz CT molecular complexity index is 562. The molecule has 3 rings (SSSR count). The maximum Gasteiger partial charge on any atom is 0.239 e. The number of unbranched alkanes of at least 4 members (excludes halogenated alkanes) is 1. The van der Waals surface area contributed by atoms with Crippen LogP contribution in [0.3, 0.4) is 0 Å². The van der Waals surface area contributed by atoms with E-state index in [1.807, 2.05) is 0 Å². The van der Waals surface area contributed by atoms with E-state index in [9.17, 15) is 4.79 Å². The normalized spacial score (nSPS) is 28.9. The van der Waals surface area contributed by atoms with Gasteiger partial charge in [0.15, 0.2) is 0 Å². The van der Waals surface area contributed by atoms with Gasteiger partial charge in [-0.15, -0.1) is 0 Å². The number of hydrogen-bond donors (Lipinski definition) is 2. The molecule has 1 amide bonds. The average molecular weight is 344 g/mol. The molecule has 0 saturated heterocycles. The van der Waals surface area contributed by atoms with Gasteiger partial charge in [0.25, 0.3) is 0 Å². The molecule has 0 spiro atoms.